The second-order valence-electron chi connectivity index (χ2n) is 5.47. The summed E-state index contributed by atoms with van der Waals surface area (Å²) in [5.74, 6) is 0.136. The van der Waals surface area contributed by atoms with Crippen LogP contribution in [0.1, 0.15) is 18.4 Å². The smallest absolute Gasteiger partial charge is 0.179 e. The van der Waals surface area contributed by atoms with Crippen LogP contribution in [0.5, 0.6) is 0 Å². The minimum absolute atomic E-state index is 0.136. The van der Waals surface area contributed by atoms with Gasteiger partial charge in [0, 0.05) is 26.7 Å². The van der Waals surface area contributed by atoms with Gasteiger partial charge in [-0.05, 0) is 37.1 Å². The number of benzene rings is 1. The van der Waals surface area contributed by atoms with Crippen LogP contribution >= 0.6 is 0 Å². The Balaban J connectivity index is 1.97. The molecule has 0 aliphatic carbocycles. The number of rotatable bonds is 6. The lowest BCUT2D eigenvalue weighted by Gasteiger charge is -2.31. The first-order valence-electron chi connectivity index (χ1n) is 7.32. The summed E-state index contributed by atoms with van der Waals surface area (Å²) >= 11 is 0. The van der Waals surface area contributed by atoms with E-state index < -0.39 is 9.84 Å². The first-order chi connectivity index (χ1) is 10.0. The minimum Gasteiger partial charge on any atom is -0.380 e. The van der Waals surface area contributed by atoms with Crippen LogP contribution in [0.3, 0.4) is 0 Å². The predicted octanol–water partition coefficient (Wildman–Crippen LogP) is 1.03. The molecule has 5 nitrogen and oxygen atoms in total. The summed E-state index contributed by atoms with van der Waals surface area (Å²) in [6.45, 7) is 2.66. The number of nitrogens with zero attached hydrogens (tertiary/aromatic N) is 1. The molecule has 1 aliphatic rings. The number of ether oxygens (including phenoxy) is 1. The molecule has 1 atom stereocenters. The van der Waals surface area contributed by atoms with E-state index >= 15 is 0 Å². The molecule has 118 valence electrons. The maximum Gasteiger partial charge on any atom is 0.179 e. The molecule has 0 saturated carbocycles. The molecule has 6 heteroatoms. The minimum atomic E-state index is -3.25. The Labute approximate surface area is 127 Å². The third kappa shape index (κ3) is 4.51. The molecule has 1 aliphatic heterocycles. The fourth-order valence-corrected chi connectivity index (χ4v) is 3.99. The van der Waals surface area contributed by atoms with E-state index in [1.54, 1.807) is 25.3 Å². The zero-order valence-corrected chi connectivity index (χ0v) is 13.3. The Kier molecular flexibility index (Phi) is 5.75. The zero-order valence-electron chi connectivity index (χ0n) is 12.5. The van der Waals surface area contributed by atoms with Gasteiger partial charge in [-0.25, -0.2) is 8.42 Å². The Hall–Kier alpha value is -0.950. The molecule has 2 N–H and O–H groups in total. The molecular formula is C15H24N2O3S. The number of piperidine rings is 1. The van der Waals surface area contributed by atoms with Crippen LogP contribution in [-0.2, 0) is 21.1 Å². The Morgan fingerprint density at radius 1 is 1.43 bits per heavy atom. The molecule has 21 heavy (non-hydrogen) atoms. The van der Waals surface area contributed by atoms with E-state index in [1.807, 2.05) is 6.07 Å². The van der Waals surface area contributed by atoms with Gasteiger partial charge in [-0.3, -0.25) is 4.90 Å². The van der Waals surface area contributed by atoms with Crippen LogP contribution in [0, 0.1) is 0 Å². The number of hydrogen-bond donors (Lipinski definition) is 1. The van der Waals surface area contributed by atoms with Crippen LogP contribution in [0.2, 0.25) is 0 Å². The van der Waals surface area contributed by atoms with Crippen molar-refractivity contribution >= 4 is 9.84 Å². The van der Waals surface area contributed by atoms with Gasteiger partial charge in [0.1, 0.15) is 0 Å². The van der Waals surface area contributed by atoms with Crippen molar-refractivity contribution in [2.24, 2.45) is 5.73 Å². The van der Waals surface area contributed by atoms with E-state index in [2.05, 4.69) is 4.90 Å². The molecule has 0 radical (unpaired) electrons. The third-order valence-electron chi connectivity index (χ3n) is 3.97. The second-order valence-corrected chi connectivity index (χ2v) is 7.58. The van der Waals surface area contributed by atoms with Gasteiger partial charge in [-0.2, -0.15) is 0 Å². The van der Waals surface area contributed by atoms with Gasteiger partial charge in [0.2, 0.25) is 0 Å². The largest absolute Gasteiger partial charge is 0.380 e. The zero-order chi connectivity index (χ0) is 15.3. The summed E-state index contributed by atoms with van der Waals surface area (Å²) in [7, 11) is -1.54. The van der Waals surface area contributed by atoms with E-state index in [-0.39, 0.29) is 11.9 Å². The van der Waals surface area contributed by atoms with E-state index in [1.165, 1.54) is 0 Å². The molecule has 1 unspecified atom stereocenters. The fraction of sp³-hybridized carbons (Fsp3) is 0.600. The molecule has 1 aromatic carbocycles. The van der Waals surface area contributed by atoms with Crippen LogP contribution in [-0.4, -0.2) is 51.9 Å². The van der Waals surface area contributed by atoms with Crippen LogP contribution < -0.4 is 5.73 Å². The molecule has 2 rings (SSSR count). The number of hydrogen-bond acceptors (Lipinski definition) is 5. The average Bonchev–Trinajstić information content (AvgIpc) is 2.53. The number of nitrogens with two attached hydrogens (primary N) is 1. The van der Waals surface area contributed by atoms with Gasteiger partial charge in [0.05, 0.1) is 16.8 Å². The molecule has 0 aromatic heterocycles. The van der Waals surface area contributed by atoms with Crippen LogP contribution in [0.15, 0.2) is 29.2 Å². The fourth-order valence-electron chi connectivity index (χ4n) is 2.64. The monoisotopic (exact) mass is 312 g/mol. The Morgan fingerprint density at radius 3 is 2.95 bits per heavy atom. The lowest BCUT2D eigenvalue weighted by atomic mass is 10.1. The van der Waals surface area contributed by atoms with Crippen molar-refractivity contribution in [3.05, 3.63) is 29.8 Å². The first kappa shape index (κ1) is 16.4. The van der Waals surface area contributed by atoms with Crippen LogP contribution in [0.4, 0.5) is 0 Å². The summed E-state index contributed by atoms with van der Waals surface area (Å²) in [5, 5.41) is 0. The van der Waals surface area contributed by atoms with Crippen molar-refractivity contribution in [2.75, 3.05) is 32.5 Å². The van der Waals surface area contributed by atoms with Gasteiger partial charge in [0.15, 0.2) is 9.84 Å². The van der Waals surface area contributed by atoms with E-state index in [4.69, 9.17) is 10.5 Å². The molecule has 0 amide bonds. The van der Waals surface area contributed by atoms with E-state index in [0.29, 0.717) is 18.0 Å². The molecule has 1 fully saturated rings. The van der Waals surface area contributed by atoms with Gasteiger partial charge in [0.25, 0.3) is 0 Å². The van der Waals surface area contributed by atoms with Crippen molar-refractivity contribution < 1.29 is 13.2 Å². The number of sulfone groups is 1. The highest BCUT2D eigenvalue weighted by atomic mass is 32.2. The van der Waals surface area contributed by atoms with Crippen molar-refractivity contribution in [2.45, 2.75) is 30.4 Å². The predicted molar refractivity (Wildman–Crippen MR) is 82.9 cm³/mol. The lowest BCUT2D eigenvalue weighted by molar-refractivity contribution is 0.0337. The summed E-state index contributed by atoms with van der Waals surface area (Å²) in [4.78, 5) is 2.54. The topological polar surface area (TPSA) is 72.6 Å². The van der Waals surface area contributed by atoms with Crippen molar-refractivity contribution in [3.63, 3.8) is 0 Å². The highest BCUT2D eigenvalue weighted by Crippen LogP contribution is 2.16. The summed E-state index contributed by atoms with van der Waals surface area (Å²) in [6.07, 6.45) is 2.33. The van der Waals surface area contributed by atoms with Crippen LogP contribution in [0.25, 0.3) is 0 Å². The second kappa shape index (κ2) is 7.35. The average molecular weight is 312 g/mol. The number of likely N-dealkylation sites (tertiary alicyclic amines) is 1. The third-order valence-corrected chi connectivity index (χ3v) is 5.66. The molecule has 0 bridgehead atoms. The number of methoxy groups -OCH3 is 1. The molecule has 1 aromatic rings. The highest BCUT2D eigenvalue weighted by molar-refractivity contribution is 7.91. The highest BCUT2D eigenvalue weighted by Gasteiger charge is 2.22. The van der Waals surface area contributed by atoms with E-state index in [0.717, 1.165) is 31.5 Å². The molecule has 1 heterocycles. The molecular weight excluding hydrogens is 288 g/mol. The quantitative estimate of drug-likeness (QED) is 0.849. The van der Waals surface area contributed by atoms with Gasteiger partial charge >= 0.3 is 0 Å². The van der Waals surface area contributed by atoms with Gasteiger partial charge < -0.3 is 10.5 Å². The standard InChI is InChI=1S/C15H24N2O3S/c1-20-14-5-3-7-17(12-14)8-9-21(18,19)15-6-2-4-13(10-15)11-16/h2,4,6,10,14H,3,5,7-9,11-12,16H2,1H3. The Bertz CT molecular complexity index is 560. The lowest BCUT2D eigenvalue weighted by Crippen LogP contribution is -2.41. The maximum absolute atomic E-state index is 12.4. The summed E-state index contributed by atoms with van der Waals surface area (Å²) in [5.41, 5.74) is 6.41. The maximum atomic E-state index is 12.4. The SMILES string of the molecule is COC1CCCN(CCS(=O)(=O)c2cccc(CN)c2)C1. The first-order valence-corrected chi connectivity index (χ1v) is 8.97. The van der Waals surface area contributed by atoms with Crippen molar-refractivity contribution in [3.8, 4) is 0 Å². The van der Waals surface area contributed by atoms with Crippen molar-refractivity contribution in [1.82, 2.24) is 4.90 Å². The Morgan fingerprint density at radius 2 is 2.24 bits per heavy atom. The summed E-state index contributed by atoms with van der Waals surface area (Å²) < 4.78 is 30.2. The van der Waals surface area contributed by atoms with Crippen molar-refractivity contribution in [1.29, 1.82) is 0 Å². The van der Waals surface area contributed by atoms with Gasteiger partial charge in [-0.15, -0.1) is 0 Å². The van der Waals surface area contributed by atoms with Gasteiger partial charge in [-0.1, -0.05) is 12.1 Å². The molecule has 1 saturated heterocycles. The molecule has 0 spiro atoms. The van der Waals surface area contributed by atoms with E-state index in [9.17, 15) is 8.42 Å². The normalized spacial score (nSPS) is 20.6. The summed E-state index contributed by atoms with van der Waals surface area (Å²) in [6, 6.07) is 6.90.